The van der Waals surface area contributed by atoms with Gasteiger partial charge in [0, 0.05) is 39.0 Å². The Morgan fingerprint density at radius 2 is 1.68 bits per heavy atom. The van der Waals surface area contributed by atoms with Crippen molar-refractivity contribution in [1.82, 2.24) is 0 Å². The number of nitrogen functional groups attached to an aromatic ring is 1. The van der Waals surface area contributed by atoms with E-state index in [-0.39, 0.29) is 11.7 Å². The van der Waals surface area contributed by atoms with Gasteiger partial charge in [0.1, 0.15) is 10.6 Å². The molecule has 0 aliphatic carbocycles. The van der Waals surface area contributed by atoms with Crippen LogP contribution in [0.1, 0.15) is 39.2 Å². The van der Waals surface area contributed by atoms with Gasteiger partial charge in [-0.3, -0.25) is 9.59 Å². The number of hydrogen-bond donors (Lipinski definition) is 3. The molecule has 3 aromatic carbocycles. The first-order valence-electron chi connectivity index (χ1n) is 11.6. The van der Waals surface area contributed by atoms with Gasteiger partial charge < -0.3 is 21.1 Å². The van der Waals surface area contributed by atoms with E-state index in [2.05, 4.69) is 10.6 Å². The number of fused-ring (bicyclic) bond motifs is 1. The number of ether oxygens (including phenoxy) is 1. The zero-order valence-electron chi connectivity index (χ0n) is 20.2. The van der Waals surface area contributed by atoms with Crippen molar-refractivity contribution in [1.29, 1.82) is 0 Å². The molecule has 1 aliphatic rings. The van der Waals surface area contributed by atoms with E-state index in [1.165, 1.54) is 11.3 Å². The Hall–Kier alpha value is -4.07. The molecule has 0 bridgehead atoms. The second kappa shape index (κ2) is 10.1. The molecule has 0 fully saturated rings. The van der Waals surface area contributed by atoms with Crippen LogP contribution in [0.25, 0.3) is 0 Å². The molecule has 1 aromatic heterocycles. The number of rotatable bonds is 6. The molecule has 186 valence electrons. The third kappa shape index (κ3) is 4.59. The summed E-state index contributed by atoms with van der Waals surface area (Å²) < 4.78 is 5.21. The number of nitrogens with two attached hydrogens (primary N) is 1. The molecule has 6 nitrogen and oxygen atoms in total. The minimum Gasteiger partial charge on any atom is -0.497 e. The van der Waals surface area contributed by atoms with Crippen LogP contribution in [-0.4, -0.2) is 18.8 Å². The molecule has 0 radical (unpaired) electrons. The molecule has 1 amide bonds. The predicted octanol–water partition coefficient (Wildman–Crippen LogP) is 6.69. The van der Waals surface area contributed by atoms with E-state index < -0.39 is 5.92 Å². The number of para-hydroxylation sites is 1. The molecule has 0 saturated carbocycles. The second-order valence-electron chi connectivity index (χ2n) is 8.58. The lowest BCUT2D eigenvalue weighted by molar-refractivity contribution is -0.113. The van der Waals surface area contributed by atoms with Crippen LogP contribution < -0.4 is 21.1 Å². The highest BCUT2D eigenvalue weighted by Crippen LogP contribution is 2.51. The fourth-order valence-corrected chi connectivity index (χ4v) is 5.94. The number of methoxy groups -OCH3 is 1. The van der Waals surface area contributed by atoms with E-state index in [0.29, 0.717) is 54.4 Å². The molecule has 37 heavy (non-hydrogen) atoms. The molecule has 0 saturated heterocycles. The van der Waals surface area contributed by atoms with Crippen molar-refractivity contribution in [3.63, 3.8) is 0 Å². The lowest BCUT2D eigenvalue weighted by Gasteiger charge is -2.29. The van der Waals surface area contributed by atoms with Crippen molar-refractivity contribution >= 4 is 51.0 Å². The summed E-state index contributed by atoms with van der Waals surface area (Å²) in [6, 6.07) is 23.5. The fraction of sp³-hybridized carbons (Fsp3) is 0.103. The van der Waals surface area contributed by atoms with E-state index in [1.54, 1.807) is 37.4 Å². The van der Waals surface area contributed by atoms with E-state index in [4.69, 9.17) is 22.1 Å². The molecular formula is C29H24ClN3O3S. The fourth-order valence-electron chi connectivity index (χ4n) is 4.52. The van der Waals surface area contributed by atoms with Gasteiger partial charge in [-0.25, -0.2) is 0 Å². The Balaban J connectivity index is 1.62. The molecule has 4 aromatic rings. The van der Waals surface area contributed by atoms with Crippen LogP contribution in [0.5, 0.6) is 5.75 Å². The topological polar surface area (TPSA) is 93.5 Å². The number of benzene rings is 3. The molecule has 1 aliphatic heterocycles. The molecule has 5 rings (SSSR count). The summed E-state index contributed by atoms with van der Waals surface area (Å²) in [4.78, 5) is 27.5. The van der Waals surface area contributed by atoms with Gasteiger partial charge in [0.15, 0.2) is 0 Å². The largest absolute Gasteiger partial charge is 0.497 e. The van der Waals surface area contributed by atoms with Crippen LogP contribution in [0.3, 0.4) is 0 Å². The Morgan fingerprint density at radius 1 is 1.00 bits per heavy atom. The summed E-state index contributed by atoms with van der Waals surface area (Å²) in [6.07, 6.45) is 0. The number of carbonyl (C=O) groups excluding carboxylic acids is 2. The predicted molar refractivity (Wildman–Crippen MR) is 150 cm³/mol. The summed E-state index contributed by atoms with van der Waals surface area (Å²) in [7, 11) is 1.57. The molecule has 8 heteroatoms. The lowest BCUT2D eigenvalue weighted by Crippen LogP contribution is -2.27. The lowest BCUT2D eigenvalue weighted by atomic mass is 9.81. The van der Waals surface area contributed by atoms with E-state index in [0.717, 1.165) is 5.56 Å². The first kappa shape index (κ1) is 24.6. The summed E-state index contributed by atoms with van der Waals surface area (Å²) in [6.45, 7) is 1.84. The molecule has 4 N–H and O–H groups in total. The van der Waals surface area contributed by atoms with Gasteiger partial charge in [0.05, 0.1) is 17.8 Å². The van der Waals surface area contributed by atoms with Gasteiger partial charge in [-0.15, -0.1) is 11.3 Å². The maximum Gasteiger partial charge on any atom is 0.254 e. The van der Waals surface area contributed by atoms with Crippen molar-refractivity contribution in [3.8, 4) is 5.75 Å². The normalized spacial score (nSPS) is 14.5. The van der Waals surface area contributed by atoms with Gasteiger partial charge in [-0.1, -0.05) is 48.0 Å². The van der Waals surface area contributed by atoms with Crippen LogP contribution >= 0.6 is 22.9 Å². The number of hydrogen-bond acceptors (Lipinski definition) is 6. The number of ketones is 1. The minimum absolute atomic E-state index is 0.202. The van der Waals surface area contributed by atoms with Gasteiger partial charge in [0.25, 0.3) is 5.91 Å². The van der Waals surface area contributed by atoms with Crippen molar-refractivity contribution in [2.45, 2.75) is 12.8 Å². The Kier molecular flexibility index (Phi) is 6.74. The maximum atomic E-state index is 13.6. The molecule has 0 unspecified atom stereocenters. The average Bonchev–Trinajstić information content (AvgIpc) is 3.24. The van der Waals surface area contributed by atoms with Crippen molar-refractivity contribution in [3.05, 3.63) is 117 Å². The van der Waals surface area contributed by atoms with Gasteiger partial charge in [-0.2, -0.15) is 0 Å². The Bertz CT molecular complexity index is 1530. The quantitative estimate of drug-likeness (QED) is 0.242. The van der Waals surface area contributed by atoms with Crippen molar-refractivity contribution in [2.75, 3.05) is 23.5 Å². The zero-order chi connectivity index (χ0) is 26.1. The highest BCUT2D eigenvalue weighted by atomic mass is 35.5. The van der Waals surface area contributed by atoms with Crippen LogP contribution in [0.4, 0.5) is 16.4 Å². The molecular weight excluding hydrogens is 506 g/mol. The van der Waals surface area contributed by atoms with Crippen molar-refractivity contribution < 1.29 is 14.3 Å². The number of carbonyl (C=O) groups is 2. The van der Waals surface area contributed by atoms with Gasteiger partial charge >= 0.3 is 0 Å². The summed E-state index contributed by atoms with van der Waals surface area (Å²) >= 11 is 7.93. The third-order valence-electron chi connectivity index (χ3n) is 6.32. The van der Waals surface area contributed by atoms with E-state index >= 15 is 0 Å². The highest BCUT2D eigenvalue weighted by Gasteiger charge is 2.38. The van der Waals surface area contributed by atoms with Crippen LogP contribution in [-0.2, 0) is 4.79 Å². The second-order valence-corrected chi connectivity index (χ2v) is 10.0. The first-order valence-corrected chi connectivity index (χ1v) is 12.8. The first-order chi connectivity index (χ1) is 17.9. The summed E-state index contributed by atoms with van der Waals surface area (Å²) in [5, 5.41) is 7.53. The highest BCUT2D eigenvalue weighted by molar-refractivity contribution is 7.19. The average molecular weight is 530 g/mol. The molecule has 2 heterocycles. The number of anilines is 3. The Labute approximate surface area is 223 Å². The monoisotopic (exact) mass is 529 g/mol. The smallest absolute Gasteiger partial charge is 0.254 e. The molecule has 0 spiro atoms. The van der Waals surface area contributed by atoms with E-state index in [1.807, 2.05) is 55.5 Å². The van der Waals surface area contributed by atoms with Crippen LogP contribution in [0, 0.1) is 0 Å². The third-order valence-corrected chi connectivity index (χ3v) is 7.80. The zero-order valence-corrected chi connectivity index (χ0v) is 21.7. The number of allylic oxidation sites excluding steroid dienone is 1. The standard InChI is InChI=1S/C29H24ClN3O3S/c1-16-22(28(35)33-18-8-4-3-5-9-18)23(20-10-6-7-11-21(20)30)24-25(31)27(37-29(24)32-16)26(34)17-12-14-19(36-2)15-13-17/h3-15,23,32H,31H2,1-2H3,(H,33,35)/t23-/m1/s1. The van der Waals surface area contributed by atoms with Crippen LogP contribution in [0.2, 0.25) is 5.02 Å². The minimum atomic E-state index is -0.567. The SMILES string of the molecule is COc1ccc(C(=O)c2sc3c(c2N)[C@H](c2ccccc2Cl)C(C(=O)Nc2ccccc2)=C(C)N3)cc1. The van der Waals surface area contributed by atoms with Gasteiger partial charge in [0.2, 0.25) is 5.78 Å². The summed E-state index contributed by atoms with van der Waals surface area (Å²) in [5.41, 5.74) is 10.7. The van der Waals surface area contributed by atoms with E-state index in [9.17, 15) is 9.59 Å². The number of halogens is 1. The molecule has 1 atom stereocenters. The number of thiophene rings is 1. The number of nitrogens with one attached hydrogen (secondary N) is 2. The van der Waals surface area contributed by atoms with Gasteiger partial charge in [-0.05, 0) is 55.0 Å². The number of amides is 1. The summed E-state index contributed by atoms with van der Waals surface area (Å²) in [5.74, 6) is -0.390. The Morgan fingerprint density at radius 3 is 2.35 bits per heavy atom. The maximum absolute atomic E-state index is 13.6. The van der Waals surface area contributed by atoms with Crippen LogP contribution in [0.15, 0.2) is 90.1 Å². The van der Waals surface area contributed by atoms with Crippen molar-refractivity contribution in [2.24, 2.45) is 0 Å².